The first-order valence-corrected chi connectivity index (χ1v) is 15.1. The van der Waals surface area contributed by atoms with E-state index in [9.17, 15) is 19.1 Å². The average Bonchev–Trinajstić information content (AvgIpc) is 3.96. The number of methoxy groups -OCH3 is 1. The number of halogens is 4. The molecule has 2 aliphatic carbocycles. The molecule has 0 aliphatic heterocycles. The van der Waals surface area contributed by atoms with Gasteiger partial charge in [0.25, 0.3) is 5.91 Å². The second kappa shape index (κ2) is 11.8. The fourth-order valence-electron chi connectivity index (χ4n) is 5.56. The lowest BCUT2D eigenvalue weighted by Gasteiger charge is -2.33. The van der Waals surface area contributed by atoms with Gasteiger partial charge in [0.1, 0.15) is 40.0 Å². The molecular formula is C32H31ClF3N5O5. The molecule has 2 aromatic carbocycles. The highest BCUT2D eigenvalue weighted by molar-refractivity contribution is 6.31. The van der Waals surface area contributed by atoms with Crippen molar-refractivity contribution in [3.63, 3.8) is 0 Å². The topological polar surface area (TPSA) is 142 Å². The quantitative estimate of drug-likeness (QED) is 0.184. The maximum Gasteiger partial charge on any atom is 0.251 e. The van der Waals surface area contributed by atoms with Crippen LogP contribution in [0.1, 0.15) is 60.3 Å². The largest absolute Gasteiger partial charge is 0.494 e. The molecule has 0 bridgehead atoms. The van der Waals surface area contributed by atoms with Crippen molar-refractivity contribution in [2.24, 2.45) is 5.73 Å². The molecule has 0 spiro atoms. The van der Waals surface area contributed by atoms with Crippen LogP contribution in [0.4, 0.5) is 13.2 Å². The molecule has 4 aromatic rings. The van der Waals surface area contributed by atoms with Crippen LogP contribution in [0.15, 0.2) is 36.5 Å². The van der Waals surface area contributed by atoms with Crippen molar-refractivity contribution in [2.45, 2.75) is 56.3 Å². The predicted molar refractivity (Wildman–Crippen MR) is 163 cm³/mol. The molecular weight excluding hydrogens is 627 g/mol. The summed E-state index contributed by atoms with van der Waals surface area (Å²) < 4.78 is 58.4. The highest BCUT2D eigenvalue weighted by Gasteiger charge is 2.62. The van der Waals surface area contributed by atoms with Crippen molar-refractivity contribution in [3.05, 3.63) is 70.0 Å². The van der Waals surface area contributed by atoms with Gasteiger partial charge in [-0.2, -0.15) is 5.10 Å². The molecule has 0 saturated heterocycles. The molecule has 2 saturated carbocycles. The predicted octanol–water partition coefficient (Wildman–Crippen LogP) is 4.92. The Balaban J connectivity index is 1.41. The van der Waals surface area contributed by atoms with E-state index >= 15 is 8.78 Å². The highest BCUT2D eigenvalue weighted by atomic mass is 35.5. The van der Waals surface area contributed by atoms with Gasteiger partial charge in [0, 0.05) is 34.3 Å². The molecule has 1 atom stereocenters. The van der Waals surface area contributed by atoms with Gasteiger partial charge in [-0.15, -0.1) is 0 Å². The zero-order valence-electron chi connectivity index (χ0n) is 25.0. The monoisotopic (exact) mass is 657 g/mol. The maximum absolute atomic E-state index is 16.1. The van der Waals surface area contributed by atoms with E-state index in [4.69, 9.17) is 26.8 Å². The standard InChI is InChI=1S/C32H31ClF3N5O5/c1-3-46-29-16(11-26(37)42)10-25(39-28(29)20-12-21(33)23(35)13-22(20)34)32(44,31(36)6-7-31)15-38-30(43)17-8-18-14-41(19-4-5-19)40-27(18)24(9-17)45-2/h8-10,12-14,19,44H,3-7,11,15H2,1-2H3,(H2,37,42)(H,38,43)/t32-/m0/s1. The third-order valence-corrected chi connectivity index (χ3v) is 8.61. The Hall–Kier alpha value is -4.36. The number of primary amides is 1. The number of ether oxygens (including phenoxy) is 2. The van der Waals surface area contributed by atoms with E-state index in [1.54, 1.807) is 13.0 Å². The summed E-state index contributed by atoms with van der Waals surface area (Å²) in [5.41, 5.74) is 0.769. The fraction of sp³-hybridized carbons (Fsp3) is 0.375. The number of hydrogen-bond donors (Lipinski definition) is 3. The minimum absolute atomic E-state index is 0.0527. The molecule has 2 fully saturated rings. The van der Waals surface area contributed by atoms with Crippen molar-refractivity contribution in [3.8, 4) is 22.8 Å². The summed E-state index contributed by atoms with van der Waals surface area (Å²) in [6, 6.07) is 6.21. The summed E-state index contributed by atoms with van der Waals surface area (Å²) in [7, 11) is 1.46. The molecule has 10 nitrogen and oxygen atoms in total. The Morgan fingerprint density at radius 3 is 2.57 bits per heavy atom. The number of aromatic nitrogens is 3. The van der Waals surface area contributed by atoms with Crippen LogP contribution in [0.3, 0.4) is 0 Å². The van der Waals surface area contributed by atoms with Crippen LogP contribution in [0.2, 0.25) is 5.02 Å². The summed E-state index contributed by atoms with van der Waals surface area (Å²) in [4.78, 5) is 29.9. The number of carbonyl (C=O) groups is 2. The van der Waals surface area contributed by atoms with Crippen LogP contribution in [-0.2, 0) is 16.8 Å². The van der Waals surface area contributed by atoms with Gasteiger partial charge in [0.05, 0.1) is 43.4 Å². The van der Waals surface area contributed by atoms with Crippen LogP contribution in [0.25, 0.3) is 22.2 Å². The summed E-state index contributed by atoms with van der Waals surface area (Å²) >= 11 is 5.97. The van der Waals surface area contributed by atoms with Crippen LogP contribution >= 0.6 is 11.6 Å². The van der Waals surface area contributed by atoms with Gasteiger partial charge in [-0.25, -0.2) is 18.2 Å². The number of nitrogens with zero attached hydrogens (tertiary/aromatic N) is 3. The summed E-state index contributed by atoms with van der Waals surface area (Å²) in [5.74, 6) is -3.23. The van der Waals surface area contributed by atoms with E-state index in [2.05, 4.69) is 15.4 Å². The Kier molecular flexibility index (Phi) is 8.09. The number of hydrogen-bond acceptors (Lipinski definition) is 7. The highest BCUT2D eigenvalue weighted by Crippen LogP contribution is 2.54. The van der Waals surface area contributed by atoms with E-state index < -0.39 is 52.7 Å². The van der Waals surface area contributed by atoms with Gasteiger partial charge in [0.2, 0.25) is 5.91 Å². The molecule has 2 aromatic heterocycles. The van der Waals surface area contributed by atoms with Crippen LogP contribution < -0.4 is 20.5 Å². The molecule has 4 N–H and O–H groups in total. The summed E-state index contributed by atoms with van der Waals surface area (Å²) in [5, 5.41) is 19.4. The molecule has 2 amide bonds. The molecule has 2 heterocycles. The summed E-state index contributed by atoms with van der Waals surface area (Å²) in [6.45, 7) is 1.04. The Morgan fingerprint density at radius 2 is 1.93 bits per heavy atom. The minimum atomic E-state index is -2.44. The van der Waals surface area contributed by atoms with Gasteiger partial charge >= 0.3 is 0 Å². The van der Waals surface area contributed by atoms with Gasteiger partial charge in [-0.1, -0.05) is 11.6 Å². The van der Waals surface area contributed by atoms with Crippen LogP contribution in [0, 0.1) is 11.6 Å². The number of nitrogens with one attached hydrogen (secondary N) is 1. The first-order valence-electron chi connectivity index (χ1n) is 14.7. The first-order chi connectivity index (χ1) is 21.9. The van der Waals surface area contributed by atoms with Crippen LogP contribution in [-0.4, -0.2) is 57.6 Å². The van der Waals surface area contributed by atoms with E-state index in [1.807, 2.05) is 10.9 Å². The fourth-order valence-corrected chi connectivity index (χ4v) is 5.72. The van der Waals surface area contributed by atoms with Gasteiger partial charge in [-0.3, -0.25) is 14.3 Å². The first kappa shape index (κ1) is 31.6. The third-order valence-electron chi connectivity index (χ3n) is 8.32. The Bertz CT molecular complexity index is 1880. The number of alkyl halides is 1. The zero-order valence-corrected chi connectivity index (χ0v) is 25.8. The zero-order chi connectivity index (χ0) is 33.0. The van der Waals surface area contributed by atoms with Crippen molar-refractivity contribution >= 4 is 34.3 Å². The number of pyridine rings is 1. The third kappa shape index (κ3) is 5.73. The molecule has 0 radical (unpaired) electrons. The maximum atomic E-state index is 16.1. The SMILES string of the molecule is CCOc1c(CC(N)=O)cc([C@@](O)(CNC(=O)c2cc(OC)c3nn(C4CC4)cc3c2)C2(F)CC2)nc1-c1cc(Cl)c(F)cc1F. The smallest absolute Gasteiger partial charge is 0.251 e. The Morgan fingerprint density at radius 1 is 1.20 bits per heavy atom. The van der Waals surface area contributed by atoms with Gasteiger partial charge in [-0.05, 0) is 56.9 Å². The summed E-state index contributed by atoms with van der Waals surface area (Å²) in [6.07, 6.45) is 3.28. The average molecular weight is 658 g/mol. The number of rotatable bonds is 12. The molecule has 242 valence electrons. The number of carbonyl (C=O) groups excluding carboxylic acids is 2. The second-order valence-corrected chi connectivity index (χ2v) is 12.0. The lowest BCUT2D eigenvalue weighted by Crippen LogP contribution is -2.49. The van der Waals surface area contributed by atoms with Gasteiger partial charge in [0.15, 0.2) is 5.60 Å². The lowest BCUT2D eigenvalue weighted by molar-refractivity contribution is -0.117. The van der Waals surface area contributed by atoms with Crippen molar-refractivity contribution in [1.29, 1.82) is 0 Å². The second-order valence-electron chi connectivity index (χ2n) is 11.6. The molecule has 0 unspecified atom stereocenters. The molecule has 6 rings (SSSR count). The number of nitrogens with two attached hydrogens (primary N) is 1. The van der Waals surface area contributed by atoms with E-state index in [1.165, 1.54) is 19.2 Å². The van der Waals surface area contributed by atoms with Crippen molar-refractivity contribution in [1.82, 2.24) is 20.1 Å². The van der Waals surface area contributed by atoms with E-state index in [-0.39, 0.29) is 53.3 Å². The van der Waals surface area contributed by atoms with E-state index in [0.717, 1.165) is 18.9 Å². The number of amides is 2. The molecule has 2 aliphatic rings. The number of benzene rings is 2. The van der Waals surface area contributed by atoms with Crippen molar-refractivity contribution in [2.75, 3.05) is 20.3 Å². The number of aliphatic hydroxyl groups is 1. The lowest BCUT2D eigenvalue weighted by atomic mass is 9.88. The molecule has 46 heavy (non-hydrogen) atoms. The van der Waals surface area contributed by atoms with Crippen molar-refractivity contribution < 1.29 is 37.3 Å². The number of fused-ring (bicyclic) bond motifs is 1. The van der Waals surface area contributed by atoms with E-state index in [0.29, 0.717) is 28.8 Å². The van der Waals surface area contributed by atoms with Gasteiger partial charge < -0.3 is 25.6 Å². The molecule has 14 heteroatoms. The minimum Gasteiger partial charge on any atom is -0.494 e. The van der Waals surface area contributed by atoms with Crippen LogP contribution in [0.5, 0.6) is 11.5 Å². The Labute approximate surface area is 266 Å². The normalized spacial score (nSPS) is 16.6.